The second kappa shape index (κ2) is 14.3. The maximum atomic E-state index is 14.0. The van der Waals surface area contributed by atoms with Gasteiger partial charge in [0.15, 0.2) is 10.7 Å². The topological polar surface area (TPSA) is 91.8 Å². The van der Waals surface area contributed by atoms with Gasteiger partial charge in [-0.1, -0.05) is 53.4 Å². The number of likely N-dealkylation sites (tertiary alicyclic amines) is 1. The molecule has 0 unspecified atom stereocenters. The van der Waals surface area contributed by atoms with Crippen LogP contribution >= 0.6 is 11.3 Å². The van der Waals surface area contributed by atoms with E-state index in [0.29, 0.717) is 11.6 Å². The van der Waals surface area contributed by atoms with Crippen LogP contribution in [0, 0.1) is 23.7 Å². The van der Waals surface area contributed by atoms with Crippen molar-refractivity contribution in [2.45, 2.75) is 84.8 Å². The molecular formula is C27H42N4O4S. The number of thiazole rings is 1. The van der Waals surface area contributed by atoms with Crippen LogP contribution in [0.1, 0.15) is 82.2 Å². The fourth-order valence-corrected chi connectivity index (χ4v) is 5.06. The van der Waals surface area contributed by atoms with Gasteiger partial charge in [-0.15, -0.1) is 11.3 Å². The van der Waals surface area contributed by atoms with Gasteiger partial charge < -0.3 is 15.0 Å². The van der Waals surface area contributed by atoms with Gasteiger partial charge in [-0.3, -0.25) is 14.5 Å². The van der Waals surface area contributed by atoms with Crippen LogP contribution < -0.4 is 5.32 Å². The van der Waals surface area contributed by atoms with E-state index in [4.69, 9.17) is 4.74 Å². The smallest absolute Gasteiger partial charge is 0.357 e. The van der Waals surface area contributed by atoms with Crippen molar-refractivity contribution in [3.63, 3.8) is 0 Å². The van der Waals surface area contributed by atoms with E-state index in [1.807, 2.05) is 46.6 Å². The quantitative estimate of drug-likeness (QED) is 0.376. The summed E-state index contributed by atoms with van der Waals surface area (Å²) in [7, 11) is 3.29. The number of nitrogens with one attached hydrogen (secondary N) is 1. The van der Waals surface area contributed by atoms with Gasteiger partial charge in [-0.05, 0) is 50.6 Å². The number of carbonyl (C=O) groups is 3. The highest BCUT2D eigenvalue weighted by Crippen LogP contribution is 2.20. The Hall–Kier alpha value is -2.44. The van der Waals surface area contributed by atoms with Gasteiger partial charge in [0.1, 0.15) is 6.04 Å². The molecule has 0 aliphatic carbocycles. The van der Waals surface area contributed by atoms with E-state index >= 15 is 0 Å². The minimum Gasteiger partial charge on any atom is -0.464 e. The molecule has 2 amide bonds. The Kier molecular flexibility index (Phi) is 11.9. The molecule has 1 aliphatic heterocycles. The second-order valence-electron chi connectivity index (χ2n) is 9.88. The molecule has 1 saturated heterocycles. The summed E-state index contributed by atoms with van der Waals surface area (Å²) in [5.41, 5.74) is 0.224. The van der Waals surface area contributed by atoms with Crippen LogP contribution in [0.3, 0.4) is 0 Å². The molecule has 8 nitrogen and oxygen atoms in total. The van der Waals surface area contributed by atoms with Crippen LogP contribution in [0.15, 0.2) is 5.38 Å². The summed E-state index contributed by atoms with van der Waals surface area (Å²) in [5, 5.41) is 5.23. The Morgan fingerprint density at radius 1 is 1.28 bits per heavy atom. The van der Waals surface area contributed by atoms with Gasteiger partial charge in [0, 0.05) is 11.9 Å². The molecule has 2 heterocycles. The van der Waals surface area contributed by atoms with Gasteiger partial charge in [0.2, 0.25) is 11.8 Å². The molecule has 0 bridgehead atoms. The minimum atomic E-state index is -0.613. The highest BCUT2D eigenvalue weighted by Gasteiger charge is 2.36. The molecule has 36 heavy (non-hydrogen) atoms. The average molecular weight is 519 g/mol. The van der Waals surface area contributed by atoms with Gasteiger partial charge in [-0.2, -0.15) is 0 Å². The van der Waals surface area contributed by atoms with Crippen molar-refractivity contribution in [1.29, 1.82) is 0 Å². The van der Waals surface area contributed by atoms with Crippen LogP contribution in [0.2, 0.25) is 0 Å². The zero-order valence-corrected chi connectivity index (χ0v) is 23.6. The van der Waals surface area contributed by atoms with Gasteiger partial charge in [-0.25, -0.2) is 9.78 Å². The molecule has 1 aromatic rings. The highest BCUT2D eigenvalue weighted by molar-refractivity contribution is 7.10. The zero-order valence-electron chi connectivity index (χ0n) is 22.8. The Morgan fingerprint density at radius 2 is 2.00 bits per heavy atom. The number of nitrogens with zero attached hydrogens (tertiary/aromatic N) is 3. The van der Waals surface area contributed by atoms with Crippen LogP contribution in [-0.2, 0) is 14.3 Å². The average Bonchev–Trinajstić information content (AvgIpc) is 3.34. The molecule has 200 valence electrons. The molecule has 4 atom stereocenters. The lowest BCUT2D eigenvalue weighted by Gasteiger charge is -2.37. The molecule has 2 rings (SSSR count). The Morgan fingerprint density at radius 3 is 2.58 bits per heavy atom. The van der Waals surface area contributed by atoms with Crippen molar-refractivity contribution in [3.05, 3.63) is 16.1 Å². The van der Waals surface area contributed by atoms with Crippen LogP contribution in [0.5, 0.6) is 0 Å². The summed E-state index contributed by atoms with van der Waals surface area (Å²) in [6.07, 6.45) is 4.46. The first-order valence-corrected chi connectivity index (χ1v) is 13.9. The fraction of sp³-hybridized carbons (Fsp3) is 0.704. The maximum Gasteiger partial charge on any atom is 0.357 e. The van der Waals surface area contributed by atoms with Crippen molar-refractivity contribution in [1.82, 2.24) is 20.1 Å². The first kappa shape index (κ1) is 29.8. The summed E-state index contributed by atoms with van der Waals surface area (Å²) in [6, 6.07) is -1.17. The normalized spacial score (nSPS) is 18.5. The zero-order chi connectivity index (χ0) is 26.8. The van der Waals surface area contributed by atoms with Crippen molar-refractivity contribution in [3.8, 4) is 11.8 Å². The highest BCUT2D eigenvalue weighted by atomic mass is 32.1. The predicted octanol–water partition coefficient (Wildman–Crippen LogP) is 3.56. The molecule has 9 heteroatoms. The third-order valence-electron chi connectivity index (χ3n) is 6.79. The molecule has 1 N–H and O–H groups in total. The molecule has 0 radical (unpaired) electrons. The Bertz CT molecular complexity index is 951. The second-order valence-corrected chi connectivity index (χ2v) is 10.7. The summed E-state index contributed by atoms with van der Waals surface area (Å²) in [4.78, 5) is 47.1. The van der Waals surface area contributed by atoms with Crippen LogP contribution in [0.25, 0.3) is 0 Å². The molecule has 1 aromatic heterocycles. The van der Waals surface area contributed by atoms with Crippen LogP contribution in [0.4, 0.5) is 0 Å². The third kappa shape index (κ3) is 7.78. The van der Waals surface area contributed by atoms with E-state index in [2.05, 4.69) is 27.0 Å². The third-order valence-corrected chi connectivity index (χ3v) is 7.55. The summed E-state index contributed by atoms with van der Waals surface area (Å²) in [6.45, 7) is 11.6. The lowest BCUT2D eigenvalue weighted by atomic mass is 9.94. The number of rotatable bonds is 10. The van der Waals surface area contributed by atoms with E-state index in [-0.39, 0.29) is 41.4 Å². The Balaban J connectivity index is 2.31. The first-order valence-electron chi connectivity index (χ1n) is 13.0. The SMILES string of the molecule is CCCN(C(=O)[C@@H](NC(=O)[C@H]1CCCCN1C)[C@@H](C)CC)[C@H](C#Cc1nc(C(=O)OC)cs1)C(C)C. The number of hydrogen-bond donors (Lipinski definition) is 1. The molecule has 1 fully saturated rings. The number of carbonyl (C=O) groups excluding carboxylic acids is 3. The number of aromatic nitrogens is 1. The molecule has 0 saturated carbocycles. The van der Waals surface area contributed by atoms with Gasteiger partial charge >= 0.3 is 5.97 Å². The first-order chi connectivity index (χ1) is 17.1. The number of amides is 2. The lowest BCUT2D eigenvalue weighted by Crippen LogP contribution is -2.58. The van der Waals surface area contributed by atoms with E-state index in [1.54, 1.807) is 5.38 Å². The van der Waals surface area contributed by atoms with Crippen molar-refractivity contribution in [2.24, 2.45) is 11.8 Å². The number of esters is 1. The van der Waals surface area contributed by atoms with E-state index in [9.17, 15) is 14.4 Å². The summed E-state index contributed by atoms with van der Waals surface area (Å²) in [5.74, 6) is 5.67. The van der Waals surface area contributed by atoms with Crippen LogP contribution in [-0.4, -0.2) is 77.9 Å². The number of methoxy groups -OCH3 is 1. The number of ether oxygens (including phenoxy) is 1. The van der Waals surface area contributed by atoms with Gasteiger partial charge in [0.05, 0.1) is 19.2 Å². The standard InChI is InChI=1S/C27H42N4O4S/c1-8-15-31(21(18(3)4)13-14-23-28-20(17-36-23)27(34)35-7)26(33)24(19(5)9-2)29-25(32)22-12-10-11-16-30(22)6/h17-19,21-22,24H,8-12,15-16H2,1-7H3,(H,29,32)/t19-,21+,22+,24-/m0/s1. The molecule has 1 aliphatic rings. The number of piperidine rings is 1. The largest absolute Gasteiger partial charge is 0.464 e. The molecule has 0 spiro atoms. The lowest BCUT2D eigenvalue weighted by molar-refractivity contribution is -0.141. The monoisotopic (exact) mass is 518 g/mol. The number of likely N-dealkylation sites (N-methyl/N-ethyl adjacent to an activating group) is 1. The summed E-state index contributed by atoms with van der Waals surface area (Å²) < 4.78 is 4.72. The van der Waals surface area contributed by atoms with E-state index in [0.717, 1.165) is 38.6 Å². The van der Waals surface area contributed by atoms with Crippen molar-refractivity contribution >= 4 is 29.1 Å². The Labute approximate surface area is 220 Å². The maximum absolute atomic E-state index is 14.0. The van der Waals surface area contributed by atoms with Crippen molar-refractivity contribution < 1.29 is 19.1 Å². The van der Waals surface area contributed by atoms with Gasteiger partial charge in [0.25, 0.3) is 0 Å². The molecular weight excluding hydrogens is 476 g/mol. The van der Waals surface area contributed by atoms with E-state index in [1.165, 1.54) is 18.4 Å². The fourth-order valence-electron chi connectivity index (χ4n) is 4.41. The predicted molar refractivity (Wildman–Crippen MR) is 143 cm³/mol. The summed E-state index contributed by atoms with van der Waals surface area (Å²) >= 11 is 1.27. The number of hydrogen-bond acceptors (Lipinski definition) is 7. The van der Waals surface area contributed by atoms with Crippen molar-refractivity contribution in [2.75, 3.05) is 27.2 Å². The van der Waals surface area contributed by atoms with E-state index < -0.39 is 12.0 Å². The molecule has 0 aromatic carbocycles. The minimum absolute atomic E-state index is 0.0166.